The van der Waals surface area contributed by atoms with Gasteiger partial charge in [0.2, 0.25) is 11.8 Å². The number of fused-ring (bicyclic) bond motifs is 1. The molecule has 3 rings (SSSR count). The summed E-state index contributed by atoms with van der Waals surface area (Å²) in [6, 6.07) is 3.88. The summed E-state index contributed by atoms with van der Waals surface area (Å²) in [6.45, 7) is 0.239. The summed E-state index contributed by atoms with van der Waals surface area (Å²) < 4.78 is 2.84. The second-order valence-electron chi connectivity index (χ2n) is 5.72. The Bertz CT molecular complexity index is 910. The molecule has 1 fully saturated rings. The summed E-state index contributed by atoms with van der Waals surface area (Å²) in [4.78, 5) is 46.8. The van der Waals surface area contributed by atoms with Crippen molar-refractivity contribution < 1.29 is 14.4 Å². The third-order valence-corrected chi connectivity index (χ3v) is 4.14. The van der Waals surface area contributed by atoms with Crippen LogP contribution in [0.15, 0.2) is 23.0 Å². The standard InChI is InChI=1S/C15H17N5O4/c1-19-11-6-8(7-17-14(16)23)2-3-9(11)20(15(19)24)10-4-5-12(21)18-13(10)22/h2-3,6,10H,4-5,7H2,1H3,(H3,16,17,23)(H,18,21,22). The predicted octanol–water partition coefficient (Wildman–Crippen LogP) is -0.514. The molecular weight excluding hydrogens is 314 g/mol. The highest BCUT2D eigenvalue weighted by Crippen LogP contribution is 2.23. The Morgan fingerprint density at radius 2 is 2.08 bits per heavy atom. The topological polar surface area (TPSA) is 128 Å². The summed E-state index contributed by atoms with van der Waals surface area (Å²) >= 11 is 0. The average Bonchev–Trinajstić information content (AvgIpc) is 2.77. The number of benzene rings is 1. The Kier molecular flexibility index (Phi) is 3.84. The Labute approximate surface area is 136 Å². The van der Waals surface area contributed by atoms with E-state index in [4.69, 9.17) is 5.73 Å². The molecule has 0 aliphatic carbocycles. The molecule has 4 amide bonds. The fourth-order valence-electron chi connectivity index (χ4n) is 2.94. The molecule has 0 radical (unpaired) electrons. The van der Waals surface area contributed by atoms with Crippen LogP contribution in [0, 0.1) is 0 Å². The smallest absolute Gasteiger partial charge is 0.329 e. The molecule has 0 bridgehead atoms. The van der Waals surface area contributed by atoms with Crippen LogP contribution in [0.3, 0.4) is 0 Å². The third-order valence-electron chi connectivity index (χ3n) is 4.14. The van der Waals surface area contributed by atoms with Gasteiger partial charge in [-0.3, -0.25) is 24.0 Å². The fourth-order valence-corrected chi connectivity index (χ4v) is 2.94. The number of carbonyl (C=O) groups excluding carboxylic acids is 3. The molecular formula is C15H17N5O4. The van der Waals surface area contributed by atoms with E-state index in [1.165, 1.54) is 9.13 Å². The molecule has 1 unspecified atom stereocenters. The number of piperidine rings is 1. The van der Waals surface area contributed by atoms with E-state index >= 15 is 0 Å². The quantitative estimate of drug-likeness (QED) is 0.654. The lowest BCUT2D eigenvalue weighted by Crippen LogP contribution is -2.44. The molecule has 1 aliphatic heterocycles. The van der Waals surface area contributed by atoms with Crippen molar-refractivity contribution in [1.82, 2.24) is 19.8 Å². The summed E-state index contributed by atoms with van der Waals surface area (Å²) in [5, 5.41) is 4.75. The van der Waals surface area contributed by atoms with Crippen LogP contribution >= 0.6 is 0 Å². The maximum Gasteiger partial charge on any atom is 0.329 e. The van der Waals surface area contributed by atoms with Gasteiger partial charge in [0, 0.05) is 20.0 Å². The van der Waals surface area contributed by atoms with E-state index < -0.39 is 18.0 Å². The first-order chi connectivity index (χ1) is 11.4. The van der Waals surface area contributed by atoms with Gasteiger partial charge in [-0.15, -0.1) is 0 Å². The number of hydrogen-bond acceptors (Lipinski definition) is 4. The number of hydrogen-bond donors (Lipinski definition) is 3. The average molecular weight is 331 g/mol. The Morgan fingerprint density at radius 1 is 1.33 bits per heavy atom. The molecule has 0 spiro atoms. The molecule has 9 heteroatoms. The van der Waals surface area contributed by atoms with Crippen LogP contribution in [0.4, 0.5) is 4.79 Å². The monoisotopic (exact) mass is 331 g/mol. The largest absolute Gasteiger partial charge is 0.352 e. The second kappa shape index (κ2) is 5.84. The maximum absolute atomic E-state index is 12.6. The van der Waals surface area contributed by atoms with E-state index in [0.29, 0.717) is 11.0 Å². The van der Waals surface area contributed by atoms with Crippen molar-refractivity contribution in [2.24, 2.45) is 12.8 Å². The first-order valence-electron chi connectivity index (χ1n) is 7.45. The Balaban J connectivity index is 2.05. The summed E-state index contributed by atoms with van der Waals surface area (Å²) in [7, 11) is 1.61. The zero-order valence-electron chi connectivity index (χ0n) is 13.0. The lowest BCUT2D eigenvalue weighted by molar-refractivity contribution is -0.135. The van der Waals surface area contributed by atoms with Crippen LogP contribution in [0.1, 0.15) is 24.4 Å². The molecule has 2 aromatic rings. The maximum atomic E-state index is 12.6. The number of urea groups is 1. The van der Waals surface area contributed by atoms with Crippen molar-refractivity contribution in [3.63, 3.8) is 0 Å². The zero-order chi connectivity index (χ0) is 17.4. The minimum atomic E-state index is -0.714. The molecule has 1 saturated heterocycles. The fraction of sp³-hybridized carbons (Fsp3) is 0.333. The van der Waals surface area contributed by atoms with E-state index in [1.807, 2.05) is 0 Å². The normalized spacial score (nSPS) is 17.8. The van der Waals surface area contributed by atoms with Crippen LogP contribution in [0.5, 0.6) is 0 Å². The number of nitrogens with one attached hydrogen (secondary N) is 2. The number of aromatic nitrogens is 2. The number of amides is 4. The lowest BCUT2D eigenvalue weighted by atomic mass is 10.1. The van der Waals surface area contributed by atoms with Crippen molar-refractivity contribution in [3.05, 3.63) is 34.2 Å². The molecule has 1 aliphatic rings. The predicted molar refractivity (Wildman–Crippen MR) is 85.0 cm³/mol. The van der Waals surface area contributed by atoms with Gasteiger partial charge < -0.3 is 11.1 Å². The number of rotatable bonds is 3. The van der Waals surface area contributed by atoms with Crippen LogP contribution in [0.25, 0.3) is 11.0 Å². The minimum absolute atomic E-state index is 0.194. The van der Waals surface area contributed by atoms with E-state index in [0.717, 1.165) is 5.56 Å². The molecule has 4 N–H and O–H groups in total. The molecule has 2 heterocycles. The van der Waals surface area contributed by atoms with Gasteiger partial charge in [-0.05, 0) is 24.1 Å². The van der Waals surface area contributed by atoms with Crippen LogP contribution in [0.2, 0.25) is 0 Å². The number of carbonyl (C=O) groups is 3. The molecule has 9 nitrogen and oxygen atoms in total. The number of imide groups is 1. The molecule has 126 valence electrons. The number of nitrogens with zero attached hydrogens (tertiary/aromatic N) is 2. The highest BCUT2D eigenvalue weighted by Gasteiger charge is 2.31. The van der Waals surface area contributed by atoms with E-state index in [2.05, 4.69) is 10.6 Å². The Hall–Kier alpha value is -3.10. The van der Waals surface area contributed by atoms with E-state index in [-0.39, 0.29) is 31.0 Å². The number of nitrogens with two attached hydrogens (primary N) is 1. The van der Waals surface area contributed by atoms with Gasteiger partial charge in [-0.2, -0.15) is 0 Å². The van der Waals surface area contributed by atoms with Crippen molar-refractivity contribution in [2.75, 3.05) is 0 Å². The number of primary amides is 1. The van der Waals surface area contributed by atoms with Crippen molar-refractivity contribution in [2.45, 2.75) is 25.4 Å². The molecule has 0 saturated carbocycles. The number of imidazole rings is 1. The second-order valence-corrected chi connectivity index (χ2v) is 5.72. The zero-order valence-corrected chi connectivity index (χ0v) is 13.0. The summed E-state index contributed by atoms with van der Waals surface area (Å²) in [5.41, 5.74) is 6.73. The van der Waals surface area contributed by atoms with Crippen LogP contribution < -0.4 is 22.1 Å². The van der Waals surface area contributed by atoms with Gasteiger partial charge in [0.25, 0.3) is 0 Å². The van der Waals surface area contributed by atoms with E-state index in [1.54, 1.807) is 25.2 Å². The van der Waals surface area contributed by atoms with Crippen molar-refractivity contribution >= 4 is 28.9 Å². The summed E-state index contributed by atoms with van der Waals surface area (Å²) in [6.07, 6.45) is 0.481. The van der Waals surface area contributed by atoms with Crippen molar-refractivity contribution in [1.29, 1.82) is 0 Å². The van der Waals surface area contributed by atoms with Gasteiger partial charge in [-0.1, -0.05) is 6.07 Å². The third kappa shape index (κ3) is 2.64. The molecule has 1 aromatic heterocycles. The minimum Gasteiger partial charge on any atom is -0.352 e. The van der Waals surface area contributed by atoms with Crippen LogP contribution in [-0.2, 0) is 23.2 Å². The van der Waals surface area contributed by atoms with Gasteiger partial charge in [0.05, 0.1) is 11.0 Å². The molecule has 1 atom stereocenters. The number of aryl methyl sites for hydroxylation is 1. The highest BCUT2D eigenvalue weighted by molar-refractivity contribution is 6.00. The Morgan fingerprint density at radius 3 is 2.75 bits per heavy atom. The van der Waals surface area contributed by atoms with Gasteiger partial charge in [-0.25, -0.2) is 9.59 Å². The lowest BCUT2D eigenvalue weighted by Gasteiger charge is -2.21. The summed E-state index contributed by atoms with van der Waals surface area (Å²) in [5.74, 6) is -0.801. The van der Waals surface area contributed by atoms with Crippen LogP contribution in [-0.4, -0.2) is 27.0 Å². The first kappa shape index (κ1) is 15.8. The van der Waals surface area contributed by atoms with Gasteiger partial charge >= 0.3 is 11.7 Å². The first-order valence-corrected chi connectivity index (χ1v) is 7.45. The van der Waals surface area contributed by atoms with Crippen molar-refractivity contribution in [3.8, 4) is 0 Å². The van der Waals surface area contributed by atoms with Gasteiger partial charge in [0.15, 0.2) is 0 Å². The van der Waals surface area contributed by atoms with Gasteiger partial charge in [0.1, 0.15) is 6.04 Å². The SMILES string of the molecule is Cn1c(=O)n(C2CCC(=O)NC2=O)c2ccc(CNC(N)=O)cc21. The highest BCUT2D eigenvalue weighted by atomic mass is 16.2. The molecule has 1 aromatic carbocycles. The molecule has 24 heavy (non-hydrogen) atoms. The van der Waals surface area contributed by atoms with E-state index in [9.17, 15) is 19.2 Å².